The van der Waals surface area contributed by atoms with Crippen LogP contribution < -0.4 is 9.64 Å². The predicted octanol–water partition coefficient (Wildman–Crippen LogP) is 3.56. The molecular weight excluding hydrogens is 280 g/mol. The molecule has 5 rings (SSSR count). The summed E-state index contributed by atoms with van der Waals surface area (Å²) in [5, 5.41) is 1.19. The van der Waals surface area contributed by atoms with E-state index in [4.69, 9.17) is 9.72 Å². The summed E-state index contributed by atoms with van der Waals surface area (Å²) in [5.41, 5.74) is 1.09. The van der Waals surface area contributed by atoms with Gasteiger partial charge in [-0.15, -0.1) is 0 Å². The Morgan fingerprint density at radius 2 is 1.95 bits per heavy atom. The van der Waals surface area contributed by atoms with Gasteiger partial charge in [-0.2, -0.15) is 0 Å². The van der Waals surface area contributed by atoms with Gasteiger partial charge in [0.2, 0.25) is 0 Å². The molecule has 21 heavy (non-hydrogen) atoms. The van der Waals surface area contributed by atoms with Gasteiger partial charge in [0.15, 0.2) is 5.13 Å². The van der Waals surface area contributed by atoms with Gasteiger partial charge in [0, 0.05) is 13.1 Å². The first-order valence-electron chi connectivity index (χ1n) is 7.69. The fraction of sp³-hybridized carbons (Fsp3) is 0.471. The monoisotopic (exact) mass is 298 g/mol. The van der Waals surface area contributed by atoms with E-state index in [1.807, 2.05) is 6.07 Å². The highest BCUT2D eigenvalue weighted by Crippen LogP contribution is 2.52. The molecule has 1 aliphatic heterocycles. The summed E-state index contributed by atoms with van der Waals surface area (Å²) in [7, 11) is 1.72. The van der Waals surface area contributed by atoms with Gasteiger partial charge in [-0.3, -0.25) is 0 Å². The molecule has 0 N–H and O–H groups in total. The molecule has 4 atom stereocenters. The second kappa shape index (κ2) is 4.23. The number of nitrogens with zero attached hydrogens (tertiary/aromatic N) is 2. The number of benzene rings is 1. The van der Waals surface area contributed by atoms with Crippen LogP contribution in [0.2, 0.25) is 0 Å². The second-order valence-corrected chi connectivity index (χ2v) is 7.52. The van der Waals surface area contributed by atoms with Crippen molar-refractivity contribution in [3.8, 4) is 5.75 Å². The molecule has 2 aliphatic carbocycles. The van der Waals surface area contributed by atoms with E-state index in [-0.39, 0.29) is 0 Å². The van der Waals surface area contributed by atoms with Crippen LogP contribution in [0.15, 0.2) is 30.4 Å². The summed E-state index contributed by atoms with van der Waals surface area (Å²) >= 11 is 1.80. The lowest BCUT2D eigenvalue weighted by Crippen LogP contribution is -2.21. The predicted molar refractivity (Wildman–Crippen MR) is 86.1 cm³/mol. The summed E-state index contributed by atoms with van der Waals surface area (Å²) in [6.07, 6.45) is 6.32. The number of allylic oxidation sites excluding steroid dienone is 2. The molecule has 2 aromatic rings. The van der Waals surface area contributed by atoms with Gasteiger partial charge in [0.1, 0.15) is 5.75 Å². The minimum atomic E-state index is 0.833. The molecule has 1 saturated carbocycles. The van der Waals surface area contributed by atoms with Gasteiger partial charge < -0.3 is 9.64 Å². The van der Waals surface area contributed by atoms with Crippen molar-refractivity contribution in [2.45, 2.75) is 6.42 Å². The third kappa shape index (κ3) is 1.68. The Kier molecular flexibility index (Phi) is 2.42. The lowest BCUT2D eigenvalue weighted by atomic mass is 9.86. The molecule has 3 aliphatic rings. The van der Waals surface area contributed by atoms with Crippen LogP contribution in [-0.2, 0) is 0 Å². The molecule has 1 aromatic heterocycles. The molecule has 3 nitrogen and oxygen atoms in total. The van der Waals surface area contributed by atoms with E-state index in [1.165, 1.54) is 29.3 Å². The molecule has 0 radical (unpaired) electrons. The smallest absolute Gasteiger partial charge is 0.186 e. The van der Waals surface area contributed by atoms with E-state index in [9.17, 15) is 0 Å². The molecule has 0 spiro atoms. The van der Waals surface area contributed by atoms with Crippen molar-refractivity contribution in [2.75, 3.05) is 25.1 Å². The van der Waals surface area contributed by atoms with Gasteiger partial charge in [0.05, 0.1) is 17.3 Å². The topological polar surface area (TPSA) is 25.4 Å². The average molecular weight is 298 g/mol. The van der Waals surface area contributed by atoms with Crippen LogP contribution >= 0.6 is 11.3 Å². The fourth-order valence-corrected chi connectivity index (χ4v) is 5.48. The molecular formula is C17H18N2OS. The number of rotatable bonds is 2. The largest absolute Gasteiger partial charge is 0.497 e. The Hall–Kier alpha value is -1.55. The molecule has 2 bridgehead atoms. The maximum atomic E-state index is 5.31. The van der Waals surface area contributed by atoms with Gasteiger partial charge >= 0.3 is 0 Å². The third-order valence-corrected chi connectivity index (χ3v) is 6.60. The molecule has 108 valence electrons. The fourth-order valence-electron chi connectivity index (χ4n) is 4.46. The average Bonchev–Trinajstić information content (AvgIpc) is 3.24. The minimum absolute atomic E-state index is 0.833. The molecule has 2 heterocycles. The van der Waals surface area contributed by atoms with Crippen molar-refractivity contribution < 1.29 is 4.74 Å². The number of hydrogen-bond acceptors (Lipinski definition) is 4. The van der Waals surface area contributed by atoms with Crippen molar-refractivity contribution in [3.63, 3.8) is 0 Å². The van der Waals surface area contributed by atoms with Crippen molar-refractivity contribution in [3.05, 3.63) is 30.4 Å². The zero-order valence-electron chi connectivity index (χ0n) is 12.0. The van der Waals surface area contributed by atoms with Crippen LogP contribution in [-0.4, -0.2) is 25.2 Å². The van der Waals surface area contributed by atoms with E-state index < -0.39 is 0 Å². The lowest BCUT2D eigenvalue weighted by molar-refractivity contribution is 0.395. The first kappa shape index (κ1) is 12.0. The van der Waals surface area contributed by atoms with Crippen molar-refractivity contribution in [1.29, 1.82) is 0 Å². The molecule has 2 fully saturated rings. The maximum absolute atomic E-state index is 5.31. The molecule has 0 amide bonds. The SMILES string of the molecule is COc1ccc2nc(N3CC4C5C=CC(C5)C4C3)sc2c1. The standard InChI is InChI=1S/C17H18N2OS/c1-20-12-4-5-15-16(7-12)21-17(18-15)19-8-13-10-2-3-11(6-10)14(13)9-19/h2-5,7,10-11,13-14H,6,8-9H2,1H3. The van der Waals surface area contributed by atoms with Crippen LogP contribution in [0.3, 0.4) is 0 Å². The normalized spacial score (nSPS) is 33.1. The van der Waals surface area contributed by atoms with Crippen molar-refractivity contribution >= 4 is 26.7 Å². The van der Waals surface area contributed by atoms with Crippen molar-refractivity contribution in [2.24, 2.45) is 23.7 Å². The number of anilines is 1. The van der Waals surface area contributed by atoms with E-state index >= 15 is 0 Å². The summed E-state index contributed by atoms with van der Waals surface area (Å²) in [6, 6.07) is 6.16. The number of thiazole rings is 1. The Bertz CT molecular complexity index is 717. The summed E-state index contributed by atoms with van der Waals surface area (Å²) in [6.45, 7) is 2.38. The van der Waals surface area contributed by atoms with Crippen LogP contribution in [0.4, 0.5) is 5.13 Å². The first-order chi connectivity index (χ1) is 10.3. The van der Waals surface area contributed by atoms with Crippen LogP contribution in [0, 0.1) is 23.7 Å². The Balaban J connectivity index is 1.46. The zero-order chi connectivity index (χ0) is 14.0. The molecule has 1 aromatic carbocycles. The van der Waals surface area contributed by atoms with Gasteiger partial charge in [-0.1, -0.05) is 23.5 Å². The van der Waals surface area contributed by atoms with Crippen molar-refractivity contribution in [1.82, 2.24) is 4.98 Å². The van der Waals surface area contributed by atoms with Crippen LogP contribution in [0.1, 0.15) is 6.42 Å². The van der Waals surface area contributed by atoms with E-state index in [0.717, 1.165) is 34.9 Å². The first-order valence-corrected chi connectivity index (χ1v) is 8.51. The zero-order valence-corrected chi connectivity index (χ0v) is 12.8. The van der Waals surface area contributed by atoms with Crippen LogP contribution in [0.5, 0.6) is 5.75 Å². The number of aromatic nitrogens is 1. The third-order valence-electron chi connectivity index (χ3n) is 5.52. The van der Waals surface area contributed by atoms with E-state index in [0.29, 0.717) is 0 Å². The highest BCUT2D eigenvalue weighted by Gasteiger charge is 2.49. The summed E-state index contributed by atoms with van der Waals surface area (Å²) < 4.78 is 6.54. The maximum Gasteiger partial charge on any atom is 0.186 e. The van der Waals surface area contributed by atoms with Gasteiger partial charge in [0.25, 0.3) is 0 Å². The number of methoxy groups -OCH3 is 1. The molecule has 1 saturated heterocycles. The highest BCUT2D eigenvalue weighted by atomic mass is 32.1. The highest BCUT2D eigenvalue weighted by molar-refractivity contribution is 7.22. The van der Waals surface area contributed by atoms with E-state index in [1.54, 1.807) is 18.4 Å². The second-order valence-electron chi connectivity index (χ2n) is 6.51. The number of hydrogen-bond donors (Lipinski definition) is 0. The minimum Gasteiger partial charge on any atom is -0.497 e. The Morgan fingerprint density at radius 3 is 2.67 bits per heavy atom. The lowest BCUT2D eigenvalue weighted by Gasteiger charge is -2.17. The Morgan fingerprint density at radius 1 is 1.19 bits per heavy atom. The van der Waals surface area contributed by atoms with Gasteiger partial charge in [-0.05, 0) is 48.3 Å². The van der Waals surface area contributed by atoms with Crippen LogP contribution in [0.25, 0.3) is 10.2 Å². The Labute approximate surface area is 128 Å². The van der Waals surface area contributed by atoms with Gasteiger partial charge in [-0.25, -0.2) is 4.98 Å². The molecule has 4 heteroatoms. The number of fused-ring (bicyclic) bond motifs is 6. The quantitative estimate of drug-likeness (QED) is 0.793. The van der Waals surface area contributed by atoms with E-state index in [2.05, 4.69) is 29.2 Å². The summed E-state index contributed by atoms with van der Waals surface area (Å²) in [4.78, 5) is 7.35. The summed E-state index contributed by atoms with van der Waals surface area (Å²) in [5.74, 6) is 4.31. The molecule has 4 unspecified atom stereocenters. The number of ether oxygens (including phenoxy) is 1.